The van der Waals surface area contributed by atoms with Gasteiger partial charge in [-0.3, -0.25) is 24.6 Å². The largest absolute Gasteiger partial charge is 0.465 e. The Kier molecular flexibility index (Phi) is 4.36. The van der Waals surface area contributed by atoms with Gasteiger partial charge in [0.1, 0.15) is 11.4 Å². The zero-order valence-electron chi connectivity index (χ0n) is 14.4. The molecule has 2 aliphatic heterocycles. The number of ether oxygens (including phenoxy) is 1. The van der Waals surface area contributed by atoms with Crippen molar-refractivity contribution in [2.75, 3.05) is 13.7 Å². The van der Waals surface area contributed by atoms with Gasteiger partial charge in [-0.1, -0.05) is 19.1 Å². The van der Waals surface area contributed by atoms with Crippen LogP contribution in [0, 0.1) is 17.7 Å². The van der Waals surface area contributed by atoms with Crippen molar-refractivity contribution in [2.45, 2.75) is 31.8 Å². The Labute approximate surface area is 145 Å². The number of carbonyl (C=O) groups is 3. The van der Waals surface area contributed by atoms with Crippen LogP contribution in [0.3, 0.4) is 0 Å². The Morgan fingerprint density at radius 2 is 2.04 bits per heavy atom. The third kappa shape index (κ3) is 2.45. The number of hydrogen-bond acceptors (Lipinski definition) is 5. The highest BCUT2D eigenvalue weighted by molar-refractivity contribution is 6.09. The summed E-state index contributed by atoms with van der Waals surface area (Å²) >= 11 is 0. The minimum Gasteiger partial charge on any atom is -0.465 e. The van der Waals surface area contributed by atoms with E-state index in [-0.39, 0.29) is 18.9 Å². The second-order valence-corrected chi connectivity index (χ2v) is 6.46. The number of hydrogen-bond donors (Lipinski definition) is 1. The number of amides is 2. The van der Waals surface area contributed by atoms with Gasteiger partial charge in [0.15, 0.2) is 0 Å². The van der Waals surface area contributed by atoms with E-state index in [0.717, 1.165) is 4.90 Å². The molecular weight excluding hydrogens is 327 g/mol. The fourth-order valence-corrected chi connectivity index (χ4v) is 4.05. The number of rotatable bonds is 4. The van der Waals surface area contributed by atoms with Gasteiger partial charge in [-0.15, -0.1) is 0 Å². The van der Waals surface area contributed by atoms with Gasteiger partial charge in [-0.2, -0.15) is 0 Å². The molecule has 6 nitrogen and oxygen atoms in total. The monoisotopic (exact) mass is 348 g/mol. The first-order valence-electron chi connectivity index (χ1n) is 8.39. The van der Waals surface area contributed by atoms with E-state index in [1.54, 1.807) is 26.0 Å². The van der Waals surface area contributed by atoms with E-state index in [2.05, 4.69) is 5.32 Å². The molecule has 0 aromatic heterocycles. The third-order valence-corrected chi connectivity index (χ3v) is 5.28. The van der Waals surface area contributed by atoms with E-state index >= 15 is 0 Å². The summed E-state index contributed by atoms with van der Waals surface area (Å²) in [6.45, 7) is 3.62. The van der Waals surface area contributed by atoms with Crippen LogP contribution in [-0.4, -0.2) is 41.9 Å². The lowest BCUT2D eigenvalue weighted by atomic mass is 9.78. The van der Waals surface area contributed by atoms with Crippen LogP contribution in [0.2, 0.25) is 0 Å². The number of esters is 1. The third-order valence-electron chi connectivity index (χ3n) is 5.28. The molecule has 1 N–H and O–H groups in total. The summed E-state index contributed by atoms with van der Waals surface area (Å²) in [6.07, 6.45) is 0.283. The van der Waals surface area contributed by atoms with Crippen molar-refractivity contribution in [2.24, 2.45) is 11.8 Å². The van der Waals surface area contributed by atoms with Crippen LogP contribution in [0.4, 0.5) is 4.39 Å². The second-order valence-electron chi connectivity index (χ2n) is 6.46. The first-order chi connectivity index (χ1) is 11.9. The molecule has 1 aromatic carbocycles. The summed E-state index contributed by atoms with van der Waals surface area (Å²) in [5.41, 5.74) is -0.763. The smallest absolute Gasteiger partial charge is 0.327 e. The first-order valence-corrected chi connectivity index (χ1v) is 8.39. The van der Waals surface area contributed by atoms with Gasteiger partial charge in [0.05, 0.1) is 18.4 Å². The van der Waals surface area contributed by atoms with Gasteiger partial charge in [0.2, 0.25) is 11.8 Å². The Morgan fingerprint density at radius 3 is 2.64 bits per heavy atom. The Hall–Kier alpha value is -2.28. The topological polar surface area (TPSA) is 75.7 Å². The Balaban J connectivity index is 2.12. The summed E-state index contributed by atoms with van der Waals surface area (Å²) in [7, 11) is 1.41. The molecule has 25 heavy (non-hydrogen) atoms. The van der Waals surface area contributed by atoms with Crippen LogP contribution in [0.15, 0.2) is 24.3 Å². The van der Waals surface area contributed by atoms with E-state index in [4.69, 9.17) is 4.74 Å². The molecule has 2 fully saturated rings. The van der Waals surface area contributed by atoms with Gasteiger partial charge in [0.25, 0.3) is 0 Å². The van der Waals surface area contributed by atoms with Gasteiger partial charge in [-0.25, -0.2) is 4.39 Å². The highest BCUT2D eigenvalue weighted by atomic mass is 19.1. The molecule has 3 rings (SSSR count). The summed E-state index contributed by atoms with van der Waals surface area (Å²) in [5.74, 6) is -3.38. The van der Waals surface area contributed by atoms with Gasteiger partial charge in [-0.05, 0) is 31.0 Å². The van der Waals surface area contributed by atoms with Crippen molar-refractivity contribution < 1.29 is 23.5 Å². The van der Waals surface area contributed by atoms with E-state index in [0.29, 0.717) is 5.56 Å². The van der Waals surface area contributed by atoms with Crippen molar-refractivity contribution in [3.05, 3.63) is 35.6 Å². The van der Waals surface area contributed by atoms with Crippen molar-refractivity contribution in [1.82, 2.24) is 10.2 Å². The van der Waals surface area contributed by atoms with Crippen molar-refractivity contribution in [1.29, 1.82) is 0 Å². The molecule has 2 saturated heterocycles. The lowest BCUT2D eigenvalue weighted by Gasteiger charge is -2.31. The van der Waals surface area contributed by atoms with Crippen LogP contribution in [0.25, 0.3) is 0 Å². The molecule has 7 heteroatoms. The minimum atomic E-state index is -1.30. The van der Waals surface area contributed by atoms with Crippen LogP contribution < -0.4 is 5.32 Å². The molecule has 4 unspecified atom stereocenters. The number of fused-ring (bicyclic) bond motifs is 1. The van der Waals surface area contributed by atoms with Crippen LogP contribution in [0.1, 0.15) is 31.9 Å². The summed E-state index contributed by atoms with van der Waals surface area (Å²) < 4.78 is 18.9. The highest BCUT2D eigenvalue weighted by Crippen LogP contribution is 2.50. The average molecular weight is 348 g/mol. The maximum atomic E-state index is 13.7. The number of imide groups is 1. The van der Waals surface area contributed by atoms with Gasteiger partial charge in [0, 0.05) is 13.1 Å². The molecule has 0 saturated carbocycles. The number of carbonyl (C=O) groups excluding carboxylic acids is 3. The van der Waals surface area contributed by atoms with Crippen molar-refractivity contribution in [3.8, 4) is 0 Å². The lowest BCUT2D eigenvalue weighted by molar-refractivity contribution is -0.156. The van der Waals surface area contributed by atoms with E-state index in [9.17, 15) is 18.8 Å². The second kappa shape index (κ2) is 6.22. The standard InChI is InChI=1S/C18H21FN2O4/c1-4-18(17(24)25-5-2)13-12(15(22)21(3)16(13)23)14(20-18)10-7-6-8-11(19)9-10/h6-9,12-14,20H,4-5H2,1-3H3. The Morgan fingerprint density at radius 1 is 1.32 bits per heavy atom. The van der Waals surface area contributed by atoms with E-state index in [1.807, 2.05) is 0 Å². The zero-order chi connectivity index (χ0) is 18.4. The molecule has 134 valence electrons. The molecule has 0 radical (unpaired) electrons. The van der Waals surface area contributed by atoms with Crippen molar-refractivity contribution >= 4 is 17.8 Å². The fraction of sp³-hybridized carbons (Fsp3) is 0.500. The van der Waals surface area contributed by atoms with Crippen LogP contribution in [-0.2, 0) is 19.1 Å². The lowest BCUT2D eigenvalue weighted by Crippen LogP contribution is -2.55. The molecule has 4 atom stereocenters. The number of nitrogens with one attached hydrogen (secondary N) is 1. The number of nitrogens with zero attached hydrogens (tertiary/aromatic N) is 1. The fourth-order valence-electron chi connectivity index (χ4n) is 4.05. The molecule has 1 aromatic rings. The van der Waals surface area contributed by atoms with Crippen LogP contribution in [0.5, 0.6) is 0 Å². The minimum absolute atomic E-state index is 0.169. The Bertz CT molecular complexity index is 738. The maximum Gasteiger partial charge on any atom is 0.327 e. The number of likely N-dealkylation sites (tertiary alicyclic amines) is 1. The quantitative estimate of drug-likeness (QED) is 0.658. The molecule has 0 spiro atoms. The first kappa shape index (κ1) is 17.5. The summed E-state index contributed by atoms with van der Waals surface area (Å²) in [4.78, 5) is 39.1. The molecular formula is C18H21FN2O4. The van der Waals surface area contributed by atoms with Crippen LogP contribution >= 0.6 is 0 Å². The predicted molar refractivity (Wildman–Crippen MR) is 86.7 cm³/mol. The van der Waals surface area contributed by atoms with E-state index in [1.165, 1.54) is 19.2 Å². The number of halogens is 1. The van der Waals surface area contributed by atoms with E-state index < -0.39 is 41.1 Å². The SMILES string of the molecule is CCOC(=O)C1(CC)NC(c2cccc(F)c2)C2C(=O)N(C)C(=O)C21. The normalized spacial score (nSPS) is 31.4. The van der Waals surface area contributed by atoms with Gasteiger partial charge >= 0.3 is 5.97 Å². The van der Waals surface area contributed by atoms with Gasteiger partial charge < -0.3 is 4.74 Å². The predicted octanol–water partition coefficient (Wildman–Crippen LogP) is 1.41. The van der Waals surface area contributed by atoms with Crippen molar-refractivity contribution in [3.63, 3.8) is 0 Å². The summed E-state index contributed by atoms with van der Waals surface area (Å²) in [6, 6.07) is 5.23. The highest BCUT2D eigenvalue weighted by Gasteiger charge is 2.67. The molecule has 0 bridgehead atoms. The summed E-state index contributed by atoms with van der Waals surface area (Å²) in [5, 5.41) is 3.16. The molecule has 0 aliphatic carbocycles. The maximum absolute atomic E-state index is 13.7. The molecule has 2 heterocycles. The molecule has 2 aliphatic rings. The average Bonchev–Trinajstić information content (AvgIpc) is 3.06. The number of benzene rings is 1. The molecule has 2 amide bonds. The zero-order valence-corrected chi connectivity index (χ0v) is 14.4.